The van der Waals surface area contributed by atoms with Gasteiger partial charge in [0, 0.05) is 6.20 Å². The quantitative estimate of drug-likeness (QED) is 0.742. The average molecular weight is 295 g/mol. The first-order valence-corrected chi connectivity index (χ1v) is 7.98. The normalized spacial score (nSPS) is 11.2. The Bertz CT molecular complexity index is 844. The molecule has 2 aromatic carbocycles. The molecule has 0 atom stereocenters. The van der Waals surface area contributed by atoms with Crippen molar-refractivity contribution in [3.05, 3.63) is 79.0 Å². The summed E-state index contributed by atoms with van der Waals surface area (Å²) in [4.78, 5) is 4.28. The molecule has 3 nitrogen and oxygen atoms in total. The van der Waals surface area contributed by atoms with Crippen LogP contribution in [0.1, 0.15) is 0 Å². The summed E-state index contributed by atoms with van der Waals surface area (Å²) in [5.41, 5.74) is 1.80. The van der Waals surface area contributed by atoms with Crippen molar-refractivity contribution < 1.29 is 8.42 Å². The molecule has 0 spiro atoms. The highest BCUT2D eigenvalue weighted by Gasteiger charge is 2.19. The molecule has 0 aliphatic carbocycles. The first kappa shape index (κ1) is 13.5. The minimum atomic E-state index is -3.58. The summed E-state index contributed by atoms with van der Waals surface area (Å²) >= 11 is 0. The van der Waals surface area contributed by atoms with Crippen LogP contribution < -0.4 is 0 Å². The molecule has 3 rings (SSSR count). The number of sulfone groups is 1. The van der Waals surface area contributed by atoms with Gasteiger partial charge in [0.1, 0.15) is 0 Å². The van der Waals surface area contributed by atoms with Crippen LogP contribution >= 0.6 is 0 Å². The van der Waals surface area contributed by atoms with E-state index in [2.05, 4.69) is 4.98 Å². The van der Waals surface area contributed by atoms with Gasteiger partial charge in [0.05, 0.1) is 4.90 Å². The van der Waals surface area contributed by atoms with Gasteiger partial charge in [-0.05, 0) is 35.4 Å². The van der Waals surface area contributed by atoms with Crippen molar-refractivity contribution >= 4 is 9.84 Å². The minimum Gasteiger partial charge on any atom is -0.244 e. The number of hydrogen-bond donors (Lipinski definition) is 0. The van der Waals surface area contributed by atoms with E-state index in [9.17, 15) is 8.42 Å². The molecular formula is C17H13NO2S. The smallest absolute Gasteiger partial charge is 0.223 e. The van der Waals surface area contributed by atoms with Crippen LogP contribution in [0, 0.1) is 0 Å². The monoisotopic (exact) mass is 295 g/mol. The number of benzene rings is 2. The Kier molecular flexibility index (Phi) is 3.54. The van der Waals surface area contributed by atoms with Gasteiger partial charge >= 0.3 is 0 Å². The maximum Gasteiger partial charge on any atom is 0.223 e. The van der Waals surface area contributed by atoms with Crippen molar-refractivity contribution in [1.82, 2.24) is 4.98 Å². The van der Waals surface area contributed by atoms with Crippen molar-refractivity contribution in [2.45, 2.75) is 9.92 Å². The predicted molar refractivity (Wildman–Crippen MR) is 81.6 cm³/mol. The van der Waals surface area contributed by atoms with E-state index in [-0.39, 0.29) is 9.92 Å². The van der Waals surface area contributed by atoms with E-state index in [1.807, 2.05) is 30.3 Å². The number of pyridine rings is 1. The molecule has 104 valence electrons. The van der Waals surface area contributed by atoms with E-state index in [4.69, 9.17) is 0 Å². The Labute approximate surface area is 123 Å². The first-order valence-electron chi connectivity index (χ1n) is 6.49. The van der Waals surface area contributed by atoms with Gasteiger partial charge in [-0.3, -0.25) is 0 Å². The molecule has 3 aromatic rings. The van der Waals surface area contributed by atoms with Gasteiger partial charge in [0.25, 0.3) is 0 Å². The van der Waals surface area contributed by atoms with Crippen molar-refractivity contribution in [3.8, 4) is 11.1 Å². The third kappa shape index (κ3) is 2.71. The van der Waals surface area contributed by atoms with Gasteiger partial charge in [-0.25, -0.2) is 13.4 Å². The zero-order valence-electron chi connectivity index (χ0n) is 11.2. The molecule has 0 saturated heterocycles. The highest BCUT2D eigenvalue weighted by Crippen LogP contribution is 2.24. The third-order valence-corrected chi connectivity index (χ3v) is 4.84. The summed E-state index contributed by atoms with van der Waals surface area (Å²) in [6.45, 7) is 0. The largest absolute Gasteiger partial charge is 0.244 e. The lowest BCUT2D eigenvalue weighted by Crippen LogP contribution is -2.04. The Hall–Kier alpha value is -2.46. The Morgan fingerprint density at radius 1 is 0.714 bits per heavy atom. The van der Waals surface area contributed by atoms with Gasteiger partial charge in [0.2, 0.25) is 9.84 Å². The molecule has 4 heteroatoms. The molecule has 1 heterocycles. The maximum atomic E-state index is 12.6. The van der Waals surface area contributed by atoms with Crippen molar-refractivity contribution in [2.75, 3.05) is 0 Å². The van der Waals surface area contributed by atoms with Gasteiger partial charge in [0.15, 0.2) is 5.03 Å². The maximum absolute atomic E-state index is 12.6. The van der Waals surface area contributed by atoms with Gasteiger partial charge < -0.3 is 0 Å². The topological polar surface area (TPSA) is 47.0 Å². The minimum absolute atomic E-state index is 0.0649. The van der Waals surface area contributed by atoms with Crippen LogP contribution in [-0.4, -0.2) is 13.4 Å². The number of nitrogens with zero attached hydrogens (tertiary/aromatic N) is 1. The molecule has 0 unspecified atom stereocenters. The van der Waals surface area contributed by atoms with E-state index < -0.39 is 9.84 Å². The van der Waals surface area contributed by atoms with E-state index in [0.717, 1.165) is 11.1 Å². The second-order valence-electron chi connectivity index (χ2n) is 4.57. The fourth-order valence-electron chi connectivity index (χ4n) is 2.09. The van der Waals surface area contributed by atoms with E-state index in [1.54, 1.807) is 42.5 Å². The molecule has 0 N–H and O–H groups in total. The van der Waals surface area contributed by atoms with E-state index >= 15 is 0 Å². The molecule has 0 aliphatic heterocycles. The zero-order chi connectivity index (χ0) is 14.7. The van der Waals surface area contributed by atoms with Crippen LogP contribution in [0.2, 0.25) is 0 Å². The first-order chi connectivity index (χ1) is 10.2. The summed E-state index contributed by atoms with van der Waals surface area (Å²) < 4.78 is 25.1. The second-order valence-corrected chi connectivity index (χ2v) is 6.46. The van der Waals surface area contributed by atoms with Crippen LogP contribution in [-0.2, 0) is 9.84 Å². The predicted octanol–water partition coefficient (Wildman–Crippen LogP) is 3.58. The molecule has 21 heavy (non-hydrogen) atoms. The molecule has 0 saturated carbocycles. The lowest BCUT2D eigenvalue weighted by Gasteiger charge is -2.06. The molecule has 0 bridgehead atoms. The third-order valence-electron chi connectivity index (χ3n) is 3.17. The zero-order valence-corrected chi connectivity index (χ0v) is 12.0. The highest BCUT2D eigenvalue weighted by molar-refractivity contribution is 7.91. The van der Waals surface area contributed by atoms with Crippen LogP contribution in [0.25, 0.3) is 11.1 Å². The van der Waals surface area contributed by atoms with Gasteiger partial charge in [-0.2, -0.15) is 0 Å². The average Bonchev–Trinajstić information content (AvgIpc) is 2.57. The summed E-state index contributed by atoms with van der Waals surface area (Å²) in [5.74, 6) is 0. The molecule has 0 radical (unpaired) electrons. The van der Waals surface area contributed by atoms with Crippen LogP contribution in [0.5, 0.6) is 0 Å². The fourth-order valence-corrected chi connectivity index (χ4v) is 3.33. The summed E-state index contributed by atoms with van der Waals surface area (Å²) in [6, 6.07) is 21.4. The molecule has 0 aliphatic rings. The Morgan fingerprint density at radius 3 is 2.00 bits per heavy atom. The SMILES string of the molecule is O=S(=O)(c1ccccc1)c1cc(-c2ccccc2)ccn1. The van der Waals surface area contributed by atoms with Crippen molar-refractivity contribution in [2.24, 2.45) is 0 Å². The standard InChI is InChI=1S/C17H13NO2S/c19-21(20,16-9-5-2-6-10-16)17-13-15(11-12-18-17)14-7-3-1-4-8-14/h1-13H. The lowest BCUT2D eigenvalue weighted by molar-refractivity contribution is 0.592. The lowest BCUT2D eigenvalue weighted by atomic mass is 10.1. The summed E-state index contributed by atoms with van der Waals surface area (Å²) in [6.07, 6.45) is 1.53. The Morgan fingerprint density at radius 2 is 1.33 bits per heavy atom. The Balaban J connectivity index is 2.09. The highest BCUT2D eigenvalue weighted by atomic mass is 32.2. The van der Waals surface area contributed by atoms with Crippen molar-refractivity contribution in [3.63, 3.8) is 0 Å². The molecular weight excluding hydrogens is 282 g/mol. The van der Waals surface area contributed by atoms with Gasteiger partial charge in [-0.15, -0.1) is 0 Å². The van der Waals surface area contributed by atoms with Crippen LogP contribution in [0.15, 0.2) is 88.9 Å². The number of hydrogen-bond acceptors (Lipinski definition) is 3. The van der Waals surface area contributed by atoms with Gasteiger partial charge in [-0.1, -0.05) is 48.5 Å². The van der Waals surface area contributed by atoms with E-state index in [1.165, 1.54) is 6.20 Å². The van der Waals surface area contributed by atoms with Crippen molar-refractivity contribution in [1.29, 1.82) is 0 Å². The molecule has 1 aromatic heterocycles. The van der Waals surface area contributed by atoms with Crippen LogP contribution in [0.4, 0.5) is 0 Å². The summed E-state index contributed by atoms with van der Waals surface area (Å²) in [7, 11) is -3.58. The molecule has 0 fully saturated rings. The van der Waals surface area contributed by atoms with E-state index in [0.29, 0.717) is 0 Å². The van der Waals surface area contributed by atoms with Crippen LogP contribution in [0.3, 0.4) is 0 Å². The summed E-state index contributed by atoms with van der Waals surface area (Å²) in [5, 5.41) is 0.0649. The number of aromatic nitrogens is 1. The second kappa shape index (κ2) is 5.50. The fraction of sp³-hybridized carbons (Fsp3) is 0. The number of rotatable bonds is 3. The molecule has 0 amide bonds.